The Morgan fingerprint density at radius 2 is 1.82 bits per heavy atom. The predicted molar refractivity (Wildman–Crippen MR) is 33.1 cm³/mol. The van der Waals surface area contributed by atoms with Gasteiger partial charge in [-0.15, -0.1) is 0 Å². The molecular weight excluding hydrogens is 152 g/mol. The molecule has 0 aromatic carbocycles. The summed E-state index contributed by atoms with van der Waals surface area (Å²) in [5.74, 6) is 0. The van der Waals surface area contributed by atoms with Crippen LogP contribution in [0.3, 0.4) is 0 Å². The van der Waals surface area contributed by atoms with E-state index in [1.165, 1.54) is 0 Å². The minimum atomic E-state index is -2.33. The summed E-state index contributed by atoms with van der Waals surface area (Å²) >= 11 is 0. The molecule has 0 aromatic heterocycles. The number of rotatable bonds is 3. The van der Waals surface area contributed by atoms with E-state index in [4.69, 9.17) is 25.2 Å². The van der Waals surface area contributed by atoms with Crippen LogP contribution in [0.2, 0.25) is 0 Å². The molecule has 0 amide bonds. The zero-order valence-electron chi connectivity index (χ0n) is 6.32. The number of hydrogen-bond donors (Lipinski definition) is 2. The van der Waals surface area contributed by atoms with E-state index in [1.54, 1.807) is 0 Å². The van der Waals surface area contributed by atoms with Gasteiger partial charge in [-0.2, -0.15) is 0 Å². The van der Waals surface area contributed by atoms with Gasteiger partial charge in [0.2, 0.25) is 0 Å². The van der Waals surface area contributed by atoms with Gasteiger partial charge in [0.25, 0.3) is 0 Å². The second-order valence-electron chi connectivity index (χ2n) is 1.87. The molecule has 2 N–H and O–H groups in total. The first kappa shape index (κ1) is 12.8. The summed E-state index contributed by atoms with van der Waals surface area (Å²) in [4.78, 5) is 8.33. The van der Waals surface area contributed by atoms with Crippen molar-refractivity contribution in [1.82, 2.24) is 0 Å². The molecule has 0 aliphatic heterocycles. The Balaban J connectivity index is 0. The van der Waals surface area contributed by atoms with E-state index < -0.39 is 12.4 Å². The summed E-state index contributed by atoms with van der Waals surface area (Å²) in [5.41, 5.74) is 0. The Bertz CT molecular complexity index is 87.0. The molecule has 0 aliphatic carbocycles. The minimum absolute atomic E-state index is 0.510. The second-order valence-corrected chi connectivity index (χ2v) is 1.87. The largest absolute Gasteiger partial charge is 0.652 e. The molecule has 0 spiro atoms. The fraction of sp³-hybridized carbons (Fsp3) is 0.833. The van der Waals surface area contributed by atoms with Crippen LogP contribution in [0.5, 0.6) is 0 Å². The Morgan fingerprint density at radius 3 is 1.91 bits per heavy atom. The molecule has 5 nitrogen and oxygen atoms in total. The Labute approximate surface area is 64.9 Å². The van der Waals surface area contributed by atoms with E-state index in [-0.39, 0.29) is 0 Å². The number of carboxylic acid groups (broad SMARTS) is 2. The highest BCUT2D eigenvalue weighted by Crippen LogP contribution is 1.95. The highest BCUT2D eigenvalue weighted by molar-refractivity contribution is 5.47. The van der Waals surface area contributed by atoms with Gasteiger partial charge in [0.1, 0.15) is 0 Å². The Morgan fingerprint density at radius 1 is 1.45 bits per heavy atom. The molecule has 0 saturated carbocycles. The van der Waals surface area contributed by atoms with Crippen molar-refractivity contribution in [3.05, 3.63) is 0 Å². The SMILES string of the molecule is CCCCC(O)O.O=C([O-])[O-]. The lowest BCUT2D eigenvalue weighted by molar-refractivity contribution is -0.415. The van der Waals surface area contributed by atoms with Crippen molar-refractivity contribution >= 4 is 6.16 Å². The predicted octanol–water partition coefficient (Wildman–Crippen LogP) is -1.96. The maximum Gasteiger partial charge on any atom is 0.151 e. The van der Waals surface area contributed by atoms with Crippen LogP contribution in [0.4, 0.5) is 4.79 Å². The highest BCUT2D eigenvalue weighted by Gasteiger charge is 1.92. The van der Waals surface area contributed by atoms with Gasteiger partial charge >= 0.3 is 0 Å². The third-order valence-corrected chi connectivity index (χ3v) is 0.816. The molecule has 0 bridgehead atoms. The quantitative estimate of drug-likeness (QED) is 0.471. The topological polar surface area (TPSA) is 104 Å². The molecule has 0 atom stereocenters. The standard InChI is InChI=1S/C5H12O2.CH2O3/c1-2-3-4-5(6)7;2-1(3)4/h5-7H,2-4H2,1H3;(H2,2,3,4)/p-2. The minimum Gasteiger partial charge on any atom is -0.652 e. The normalized spacial score (nSPS) is 8.73. The zero-order valence-corrected chi connectivity index (χ0v) is 6.32. The molecule has 11 heavy (non-hydrogen) atoms. The van der Waals surface area contributed by atoms with Crippen LogP contribution >= 0.6 is 0 Å². The number of carbonyl (C=O) groups is 1. The van der Waals surface area contributed by atoms with Gasteiger partial charge in [-0.3, -0.25) is 0 Å². The van der Waals surface area contributed by atoms with Crippen LogP contribution < -0.4 is 10.2 Å². The van der Waals surface area contributed by atoms with E-state index in [2.05, 4.69) is 0 Å². The Hall–Kier alpha value is -0.810. The summed E-state index contributed by atoms with van der Waals surface area (Å²) in [6.07, 6.45) is -0.994. The fourth-order valence-electron chi connectivity index (χ4n) is 0.387. The first-order valence-corrected chi connectivity index (χ1v) is 3.24. The molecule has 0 unspecified atom stereocenters. The Kier molecular flexibility index (Phi) is 10.7. The average Bonchev–Trinajstić information content (AvgIpc) is 1.82. The van der Waals surface area contributed by atoms with E-state index in [0.29, 0.717) is 6.42 Å². The summed E-state index contributed by atoms with van der Waals surface area (Å²) in [7, 11) is 0. The van der Waals surface area contributed by atoms with Crippen molar-refractivity contribution in [1.29, 1.82) is 0 Å². The first-order chi connectivity index (χ1) is 5.00. The summed E-state index contributed by atoms with van der Waals surface area (Å²) in [6.45, 7) is 2.02. The first-order valence-electron chi connectivity index (χ1n) is 3.24. The fourth-order valence-corrected chi connectivity index (χ4v) is 0.387. The molecule has 0 aromatic rings. The second kappa shape index (κ2) is 9.19. The van der Waals surface area contributed by atoms with Crippen molar-refractivity contribution < 1.29 is 25.2 Å². The smallest absolute Gasteiger partial charge is 0.151 e. The van der Waals surface area contributed by atoms with Crippen molar-refractivity contribution in [3.63, 3.8) is 0 Å². The summed E-state index contributed by atoms with van der Waals surface area (Å²) in [6, 6.07) is 0. The molecular formula is C6H12O5-2. The lowest BCUT2D eigenvalue weighted by atomic mass is 10.2. The van der Waals surface area contributed by atoms with Crippen LogP contribution in [0, 0.1) is 0 Å². The van der Waals surface area contributed by atoms with E-state index in [0.717, 1.165) is 12.8 Å². The van der Waals surface area contributed by atoms with Crippen LogP contribution in [-0.2, 0) is 0 Å². The maximum atomic E-state index is 8.33. The van der Waals surface area contributed by atoms with Gasteiger partial charge in [0.15, 0.2) is 6.29 Å². The van der Waals surface area contributed by atoms with Gasteiger partial charge < -0.3 is 25.2 Å². The van der Waals surface area contributed by atoms with Gasteiger partial charge in [0, 0.05) is 0 Å². The molecule has 68 valence electrons. The molecule has 0 saturated heterocycles. The van der Waals surface area contributed by atoms with Crippen molar-refractivity contribution in [3.8, 4) is 0 Å². The number of aliphatic hydroxyl groups is 2. The number of unbranched alkanes of at least 4 members (excludes halogenated alkanes) is 1. The average molecular weight is 164 g/mol. The van der Waals surface area contributed by atoms with E-state index in [1.807, 2.05) is 6.92 Å². The van der Waals surface area contributed by atoms with Gasteiger partial charge in [-0.1, -0.05) is 13.3 Å². The number of aliphatic hydroxyl groups excluding tert-OH is 1. The molecule has 0 heterocycles. The number of carbonyl (C=O) groups excluding carboxylic acids is 1. The molecule has 5 heteroatoms. The zero-order chi connectivity index (χ0) is 9.28. The van der Waals surface area contributed by atoms with Crippen molar-refractivity contribution in [2.75, 3.05) is 0 Å². The molecule has 0 rings (SSSR count). The summed E-state index contributed by atoms with van der Waals surface area (Å²) in [5, 5.41) is 33.1. The lowest BCUT2D eigenvalue weighted by Gasteiger charge is -1.97. The van der Waals surface area contributed by atoms with Crippen LogP contribution in [0.15, 0.2) is 0 Å². The lowest BCUT2D eigenvalue weighted by Crippen LogP contribution is -2.37. The van der Waals surface area contributed by atoms with E-state index in [9.17, 15) is 0 Å². The number of hydrogen-bond acceptors (Lipinski definition) is 5. The van der Waals surface area contributed by atoms with Crippen LogP contribution in [0.1, 0.15) is 26.2 Å². The van der Waals surface area contributed by atoms with Gasteiger partial charge in [-0.25, -0.2) is 0 Å². The van der Waals surface area contributed by atoms with Gasteiger partial charge in [-0.05, 0) is 19.0 Å². The summed E-state index contributed by atoms with van der Waals surface area (Å²) < 4.78 is 0. The van der Waals surface area contributed by atoms with Crippen molar-refractivity contribution in [2.45, 2.75) is 32.5 Å². The van der Waals surface area contributed by atoms with Crippen molar-refractivity contribution in [2.24, 2.45) is 0 Å². The van der Waals surface area contributed by atoms with E-state index >= 15 is 0 Å². The van der Waals surface area contributed by atoms with Crippen LogP contribution in [0.25, 0.3) is 0 Å². The van der Waals surface area contributed by atoms with Gasteiger partial charge in [0.05, 0.1) is 0 Å². The third kappa shape index (κ3) is 46.7. The van der Waals surface area contributed by atoms with Crippen LogP contribution in [-0.4, -0.2) is 22.7 Å². The maximum absolute atomic E-state index is 8.33. The monoisotopic (exact) mass is 164 g/mol. The molecule has 0 fully saturated rings. The molecule has 0 radical (unpaired) electrons. The highest BCUT2D eigenvalue weighted by atomic mass is 16.6. The molecule has 0 aliphatic rings. The third-order valence-electron chi connectivity index (χ3n) is 0.816.